The Kier molecular flexibility index (Phi) is 5.58. The molecule has 128 valence electrons. The second-order valence-corrected chi connectivity index (χ2v) is 7.00. The molecule has 0 aliphatic heterocycles. The summed E-state index contributed by atoms with van der Waals surface area (Å²) in [5, 5.41) is 2.59. The number of amides is 1. The Balaban J connectivity index is 2.20. The van der Waals surface area contributed by atoms with E-state index in [0.717, 1.165) is 5.56 Å². The first-order chi connectivity index (χ1) is 11.3. The SMILES string of the molecule is COc1ccccc1C(C)NS(=O)(=O)c1ccc(NC(C)=O)cc1. The molecule has 24 heavy (non-hydrogen) atoms. The predicted molar refractivity (Wildman–Crippen MR) is 92.5 cm³/mol. The van der Waals surface area contributed by atoms with Crippen molar-refractivity contribution in [3.63, 3.8) is 0 Å². The number of nitrogens with one attached hydrogen (secondary N) is 2. The van der Waals surface area contributed by atoms with Gasteiger partial charge < -0.3 is 10.1 Å². The first-order valence-electron chi connectivity index (χ1n) is 7.36. The fraction of sp³-hybridized carbons (Fsp3) is 0.235. The molecule has 0 aromatic heterocycles. The Labute approximate surface area is 141 Å². The van der Waals surface area contributed by atoms with Crippen LogP contribution in [0.15, 0.2) is 53.4 Å². The number of carbonyl (C=O) groups excluding carboxylic acids is 1. The van der Waals surface area contributed by atoms with Crippen LogP contribution in [0, 0.1) is 0 Å². The van der Waals surface area contributed by atoms with Gasteiger partial charge in [0.05, 0.1) is 12.0 Å². The van der Waals surface area contributed by atoms with Gasteiger partial charge in [-0.2, -0.15) is 0 Å². The molecule has 2 aromatic rings. The van der Waals surface area contributed by atoms with Crippen molar-refractivity contribution in [2.45, 2.75) is 24.8 Å². The largest absolute Gasteiger partial charge is 0.496 e. The van der Waals surface area contributed by atoms with Gasteiger partial charge in [0.2, 0.25) is 15.9 Å². The van der Waals surface area contributed by atoms with Gasteiger partial charge in [0.25, 0.3) is 0 Å². The van der Waals surface area contributed by atoms with Gasteiger partial charge in [-0.05, 0) is 37.3 Å². The minimum Gasteiger partial charge on any atom is -0.496 e. The number of carbonyl (C=O) groups is 1. The third kappa shape index (κ3) is 4.33. The molecule has 0 radical (unpaired) electrons. The lowest BCUT2D eigenvalue weighted by atomic mass is 10.1. The number of rotatable bonds is 6. The van der Waals surface area contributed by atoms with E-state index in [9.17, 15) is 13.2 Å². The summed E-state index contributed by atoms with van der Waals surface area (Å²) in [6.45, 7) is 3.14. The highest BCUT2D eigenvalue weighted by Crippen LogP contribution is 2.26. The zero-order valence-electron chi connectivity index (χ0n) is 13.7. The average Bonchev–Trinajstić information content (AvgIpc) is 2.54. The van der Waals surface area contributed by atoms with Crippen molar-refractivity contribution < 1.29 is 17.9 Å². The van der Waals surface area contributed by atoms with Crippen molar-refractivity contribution in [2.24, 2.45) is 0 Å². The molecule has 2 aromatic carbocycles. The van der Waals surface area contributed by atoms with Crippen molar-refractivity contribution >= 4 is 21.6 Å². The van der Waals surface area contributed by atoms with Crippen LogP contribution in [0.2, 0.25) is 0 Å². The highest BCUT2D eigenvalue weighted by atomic mass is 32.2. The highest BCUT2D eigenvalue weighted by molar-refractivity contribution is 7.89. The quantitative estimate of drug-likeness (QED) is 0.840. The summed E-state index contributed by atoms with van der Waals surface area (Å²) >= 11 is 0. The molecule has 0 saturated heterocycles. The number of anilines is 1. The maximum absolute atomic E-state index is 12.5. The van der Waals surface area contributed by atoms with Crippen LogP contribution in [0.3, 0.4) is 0 Å². The van der Waals surface area contributed by atoms with Gasteiger partial charge in [-0.1, -0.05) is 18.2 Å². The Hall–Kier alpha value is -2.38. The van der Waals surface area contributed by atoms with Gasteiger partial charge in [-0.25, -0.2) is 13.1 Å². The van der Waals surface area contributed by atoms with Gasteiger partial charge in [0.1, 0.15) is 5.75 Å². The summed E-state index contributed by atoms with van der Waals surface area (Å²) in [4.78, 5) is 11.1. The van der Waals surface area contributed by atoms with Crippen LogP contribution in [-0.2, 0) is 14.8 Å². The van der Waals surface area contributed by atoms with Crippen molar-refractivity contribution in [1.29, 1.82) is 0 Å². The standard InChI is InChI=1S/C17H20N2O4S/c1-12(16-6-4-5-7-17(16)23-3)19-24(21,22)15-10-8-14(9-11-15)18-13(2)20/h4-12,19H,1-3H3,(H,18,20). The number of hydrogen-bond donors (Lipinski definition) is 2. The lowest BCUT2D eigenvalue weighted by Gasteiger charge is -2.17. The van der Waals surface area contributed by atoms with Gasteiger partial charge in [0, 0.05) is 24.2 Å². The smallest absolute Gasteiger partial charge is 0.241 e. The van der Waals surface area contributed by atoms with Gasteiger partial charge in [-0.15, -0.1) is 0 Å². The third-order valence-corrected chi connectivity index (χ3v) is 4.98. The Morgan fingerprint density at radius 3 is 2.29 bits per heavy atom. The fourth-order valence-corrected chi connectivity index (χ4v) is 3.53. The molecule has 0 fully saturated rings. The summed E-state index contributed by atoms with van der Waals surface area (Å²) in [6, 6.07) is 12.8. The lowest BCUT2D eigenvalue weighted by Crippen LogP contribution is -2.27. The summed E-state index contributed by atoms with van der Waals surface area (Å²) in [5.41, 5.74) is 1.29. The molecule has 1 unspecified atom stereocenters. The molecule has 0 spiro atoms. The summed E-state index contributed by atoms with van der Waals surface area (Å²) < 4.78 is 32.9. The van der Waals surface area contributed by atoms with Crippen LogP contribution in [0.5, 0.6) is 5.75 Å². The van der Waals surface area contributed by atoms with E-state index in [1.807, 2.05) is 18.2 Å². The van der Waals surface area contributed by atoms with E-state index in [1.54, 1.807) is 32.2 Å². The second-order valence-electron chi connectivity index (χ2n) is 5.29. The van der Waals surface area contributed by atoms with Crippen molar-refractivity contribution in [3.8, 4) is 5.75 Å². The van der Waals surface area contributed by atoms with E-state index in [-0.39, 0.29) is 10.8 Å². The lowest BCUT2D eigenvalue weighted by molar-refractivity contribution is -0.114. The third-order valence-electron chi connectivity index (χ3n) is 3.42. The molecule has 2 rings (SSSR count). The van der Waals surface area contributed by atoms with Crippen LogP contribution in [-0.4, -0.2) is 21.4 Å². The maximum Gasteiger partial charge on any atom is 0.241 e. The molecule has 1 amide bonds. The molecule has 7 heteroatoms. The number of methoxy groups -OCH3 is 1. The number of sulfonamides is 1. The van der Waals surface area contributed by atoms with Crippen LogP contribution >= 0.6 is 0 Å². The minimum atomic E-state index is -3.70. The van der Waals surface area contributed by atoms with Crippen LogP contribution < -0.4 is 14.8 Å². The van der Waals surface area contributed by atoms with Gasteiger partial charge in [0.15, 0.2) is 0 Å². The zero-order valence-corrected chi connectivity index (χ0v) is 14.6. The second kappa shape index (κ2) is 7.46. The average molecular weight is 348 g/mol. The monoisotopic (exact) mass is 348 g/mol. The fourth-order valence-electron chi connectivity index (χ4n) is 2.31. The number of hydrogen-bond acceptors (Lipinski definition) is 4. The van der Waals surface area contributed by atoms with Gasteiger partial charge in [-0.3, -0.25) is 4.79 Å². The van der Waals surface area contributed by atoms with E-state index < -0.39 is 16.1 Å². The Morgan fingerprint density at radius 2 is 1.71 bits per heavy atom. The molecule has 1 atom stereocenters. The van der Waals surface area contributed by atoms with Crippen molar-refractivity contribution in [1.82, 2.24) is 4.72 Å². The molecule has 6 nitrogen and oxygen atoms in total. The first-order valence-corrected chi connectivity index (χ1v) is 8.84. The van der Waals surface area contributed by atoms with E-state index in [4.69, 9.17) is 4.74 Å². The van der Waals surface area contributed by atoms with Crippen LogP contribution in [0.1, 0.15) is 25.5 Å². The Bertz CT molecular complexity index is 817. The first kappa shape index (κ1) is 18.0. The van der Waals surface area contributed by atoms with E-state index in [2.05, 4.69) is 10.0 Å². The topological polar surface area (TPSA) is 84.5 Å². The molecular formula is C17H20N2O4S. The molecular weight excluding hydrogens is 328 g/mol. The summed E-state index contributed by atoms with van der Waals surface area (Å²) in [7, 11) is -2.15. The van der Waals surface area contributed by atoms with E-state index in [0.29, 0.717) is 11.4 Å². The molecule has 2 N–H and O–H groups in total. The van der Waals surface area contributed by atoms with Gasteiger partial charge >= 0.3 is 0 Å². The van der Waals surface area contributed by atoms with Crippen molar-refractivity contribution in [3.05, 3.63) is 54.1 Å². The van der Waals surface area contributed by atoms with Crippen LogP contribution in [0.4, 0.5) is 5.69 Å². The number of benzene rings is 2. The number of para-hydroxylation sites is 1. The molecule has 0 aliphatic rings. The number of ether oxygens (including phenoxy) is 1. The molecule has 0 heterocycles. The van der Waals surface area contributed by atoms with Crippen molar-refractivity contribution in [2.75, 3.05) is 12.4 Å². The molecule has 0 saturated carbocycles. The Morgan fingerprint density at radius 1 is 1.08 bits per heavy atom. The van der Waals surface area contributed by atoms with Crippen LogP contribution in [0.25, 0.3) is 0 Å². The van der Waals surface area contributed by atoms with E-state index >= 15 is 0 Å². The van der Waals surface area contributed by atoms with E-state index in [1.165, 1.54) is 19.1 Å². The molecule has 0 aliphatic carbocycles. The maximum atomic E-state index is 12.5. The minimum absolute atomic E-state index is 0.123. The molecule has 0 bridgehead atoms. The summed E-state index contributed by atoms with van der Waals surface area (Å²) in [5.74, 6) is 0.405. The normalized spacial score (nSPS) is 12.5. The zero-order chi connectivity index (χ0) is 17.7. The predicted octanol–water partition coefficient (Wildman–Crippen LogP) is 2.69. The summed E-state index contributed by atoms with van der Waals surface area (Å²) in [6.07, 6.45) is 0. The highest BCUT2D eigenvalue weighted by Gasteiger charge is 2.20.